The zero-order valence-electron chi connectivity index (χ0n) is 8.28. The Balaban J connectivity index is 2.72. The highest BCUT2D eigenvalue weighted by Gasteiger charge is 2.13. The zero-order valence-corrected chi connectivity index (χ0v) is 12.7. The molecule has 0 saturated carbocycles. The Bertz CT molecular complexity index is 564. The number of halogens is 5. The molecule has 2 rings (SSSR count). The standard InChI is InChI=1S/C12H5Cl3FI/c13-9-1-2-10(14)12(15)11(9)6-3-7(16)5-8(17)4-6/h1-5H. The quantitative estimate of drug-likeness (QED) is 0.403. The van der Waals surface area contributed by atoms with Gasteiger partial charge in [-0.05, 0) is 58.5 Å². The maximum Gasteiger partial charge on any atom is 0.124 e. The second-order valence-corrected chi connectivity index (χ2v) is 5.81. The monoisotopic (exact) mass is 400 g/mol. The lowest BCUT2D eigenvalue weighted by atomic mass is 10.1. The van der Waals surface area contributed by atoms with Crippen LogP contribution in [0.2, 0.25) is 15.1 Å². The largest absolute Gasteiger partial charge is 0.207 e. The SMILES string of the molecule is Fc1cc(I)cc(-c2c(Cl)ccc(Cl)c2Cl)c1. The van der Waals surface area contributed by atoms with Gasteiger partial charge in [-0.3, -0.25) is 0 Å². The molecule has 2 aromatic carbocycles. The molecule has 0 aromatic heterocycles. The van der Waals surface area contributed by atoms with Crippen molar-refractivity contribution in [1.29, 1.82) is 0 Å². The van der Waals surface area contributed by atoms with E-state index in [0.717, 1.165) is 3.57 Å². The van der Waals surface area contributed by atoms with E-state index in [1.165, 1.54) is 12.1 Å². The molecule has 2 aromatic rings. The van der Waals surface area contributed by atoms with Gasteiger partial charge in [0.1, 0.15) is 5.82 Å². The third-order valence-electron chi connectivity index (χ3n) is 2.20. The van der Waals surface area contributed by atoms with E-state index in [2.05, 4.69) is 0 Å². The van der Waals surface area contributed by atoms with Crippen molar-refractivity contribution in [2.75, 3.05) is 0 Å². The van der Waals surface area contributed by atoms with Crippen molar-refractivity contribution in [3.63, 3.8) is 0 Å². The van der Waals surface area contributed by atoms with E-state index in [-0.39, 0.29) is 5.82 Å². The maximum absolute atomic E-state index is 13.4. The van der Waals surface area contributed by atoms with Gasteiger partial charge in [0.15, 0.2) is 0 Å². The molecule has 17 heavy (non-hydrogen) atoms. The fourth-order valence-corrected chi connectivity index (χ4v) is 2.87. The van der Waals surface area contributed by atoms with Crippen LogP contribution in [0.4, 0.5) is 4.39 Å². The fraction of sp³-hybridized carbons (Fsp3) is 0. The van der Waals surface area contributed by atoms with Gasteiger partial charge in [0, 0.05) is 14.2 Å². The van der Waals surface area contributed by atoms with Crippen molar-refractivity contribution < 1.29 is 4.39 Å². The molecule has 0 unspecified atom stereocenters. The minimum Gasteiger partial charge on any atom is -0.207 e. The number of rotatable bonds is 1. The minimum absolute atomic E-state index is 0.334. The first-order chi connectivity index (χ1) is 7.99. The lowest BCUT2D eigenvalue weighted by Gasteiger charge is -2.09. The van der Waals surface area contributed by atoms with Crippen LogP contribution in [-0.4, -0.2) is 0 Å². The summed E-state index contributed by atoms with van der Waals surface area (Å²) in [6, 6.07) is 7.86. The third-order valence-corrected chi connectivity index (χ3v) is 3.94. The van der Waals surface area contributed by atoms with Gasteiger partial charge in [-0.25, -0.2) is 4.39 Å². The summed E-state index contributed by atoms with van der Waals surface area (Å²) in [5.74, 6) is -0.334. The predicted octanol–water partition coefficient (Wildman–Crippen LogP) is 6.06. The first kappa shape index (κ1) is 13.4. The molecule has 0 aliphatic rings. The molecule has 0 heterocycles. The molecule has 0 aliphatic carbocycles. The Morgan fingerprint density at radius 3 is 2.24 bits per heavy atom. The van der Waals surface area contributed by atoms with Crippen molar-refractivity contribution in [3.8, 4) is 11.1 Å². The molecule has 0 aliphatic heterocycles. The molecular formula is C12H5Cl3FI. The Morgan fingerprint density at radius 2 is 1.59 bits per heavy atom. The highest BCUT2D eigenvalue weighted by molar-refractivity contribution is 14.1. The molecule has 88 valence electrons. The fourth-order valence-electron chi connectivity index (χ4n) is 1.49. The zero-order chi connectivity index (χ0) is 12.6. The molecule has 5 heteroatoms. The predicted molar refractivity (Wildman–Crippen MR) is 79.6 cm³/mol. The first-order valence-corrected chi connectivity index (χ1v) is 6.80. The van der Waals surface area contributed by atoms with Crippen LogP contribution in [0.5, 0.6) is 0 Å². The first-order valence-electron chi connectivity index (χ1n) is 4.59. The van der Waals surface area contributed by atoms with E-state index in [1.807, 2.05) is 22.6 Å². The van der Waals surface area contributed by atoms with Gasteiger partial charge in [0.2, 0.25) is 0 Å². The van der Waals surface area contributed by atoms with E-state index in [0.29, 0.717) is 26.2 Å². The summed E-state index contributed by atoms with van der Waals surface area (Å²) in [7, 11) is 0. The summed E-state index contributed by atoms with van der Waals surface area (Å²) < 4.78 is 14.1. The number of hydrogen-bond donors (Lipinski definition) is 0. The third kappa shape index (κ3) is 2.87. The summed E-state index contributed by atoms with van der Waals surface area (Å²) in [6.07, 6.45) is 0. The summed E-state index contributed by atoms with van der Waals surface area (Å²) in [6.45, 7) is 0. The van der Waals surface area contributed by atoms with Crippen LogP contribution in [0.25, 0.3) is 11.1 Å². The van der Waals surface area contributed by atoms with Crippen molar-refractivity contribution in [2.24, 2.45) is 0 Å². The van der Waals surface area contributed by atoms with Crippen LogP contribution < -0.4 is 0 Å². The second-order valence-electron chi connectivity index (χ2n) is 3.38. The molecule has 0 nitrogen and oxygen atoms in total. The van der Waals surface area contributed by atoms with Crippen LogP contribution in [0, 0.1) is 9.39 Å². The van der Waals surface area contributed by atoms with Crippen molar-refractivity contribution in [2.45, 2.75) is 0 Å². The topological polar surface area (TPSA) is 0 Å². The summed E-state index contributed by atoms with van der Waals surface area (Å²) in [5, 5.41) is 1.17. The Hall–Kier alpha value is -0.0300. The number of benzene rings is 2. The van der Waals surface area contributed by atoms with Crippen molar-refractivity contribution >= 4 is 57.4 Å². The van der Waals surface area contributed by atoms with E-state index in [1.54, 1.807) is 18.2 Å². The molecule has 0 atom stereocenters. The molecule has 0 N–H and O–H groups in total. The van der Waals surface area contributed by atoms with Crippen molar-refractivity contribution in [3.05, 3.63) is 54.8 Å². The normalized spacial score (nSPS) is 10.6. The van der Waals surface area contributed by atoms with E-state index in [4.69, 9.17) is 34.8 Å². The highest BCUT2D eigenvalue weighted by Crippen LogP contribution is 2.39. The smallest absolute Gasteiger partial charge is 0.124 e. The molecular weight excluding hydrogens is 396 g/mol. The molecule has 0 bridgehead atoms. The molecule has 0 saturated heterocycles. The van der Waals surface area contributed by atoms with Crippen LogP contribution >= 0.6 is 57.4 Å². The lowest BCUT2D eigenvalue weighted by molar-refractivity contribution is 0.627. The maximum atomic E-state index is 13.4. The van der Waals surface area contributed by atoms with Crippen LogP contribution in [-0.2, 0) is 0 Å². The van der Waals surface area contributed by atoms with Gasteiger partial charge in [0.05, 0.1) is 10.0 Å². The van der Waals surface area contributed by atoms with Crippen LogP contribution in [0.3, 0.4) is 0 Å². The summed E-state index contributed by atoms with van der Waals surface area (Å²) >= 11 is 20.1. The van der Waals surface area contributed by atoms with Crippen molar-refractivity contribution in [1.82, 2.24) is 0 Å². The van der Waals surface area contributed by atoms with E-state index >= 15 is 0 Å². The van der Waals surface area contributed by atoms with Gasteiger partial charge in [0.25, 0.3) is 0 Å². The summed E-state index contributed by atoms with van der Waals surface area (Å²) in [4.78, 5) is 0. The average molecular weight is 401 g/mol. The van der Waals surface area contributed by atoms with Crippen LogP contribution in [0.1, 0.15) is 0 Å². The second kappa shape index (κ2) is 5.31. The Morgan fingerprint density at radius 1 is 0.941 bits per heavy atom. The molecule has 0 amide bonds. The minimum atomic E-state index is -0.334. The Labute approximate surface area is 127 Å². The lowest BCUT2D eigenvalue weighted by Crippen LogP contribution is -1.86. The highest BCUT2D eigenvalue weighted by atomic mass is 127. The molecule has 0 spiro atoms. The summed E-state index contributed by atoms with van der Waals surface area (Å²) in [5.41, 5.74) is 1.17. The Kier molecular flexibility index (Phi) is 4.18. The van der Waals surface area contributed by atoms with Gasteiger partial charge < -0.3 is 0 Å². The van der Waals surface area contributed by atoms with Crippen LogP contribution in [0.15, 0.2) is 30.3 Å². The number of hydrogen-bond acceptors (Lipinski definition) is 0. The van der Waals surface area contributed by atoms with Gasteiger partial charge in [-0.2, -0.15) is 0 Å². The average Bonchev–Trinajstić information content (AvgIpc) is 2.23. The van der Waals surface area contributed by atoms with E-state index < -0.39 is 0 Å². The van der Waals surface area contributed by atoms with Gasteiger partial charge in [-0.15, -0.1) is 0 Å². The molecule has 0 fully saturated rings. The molecule has 0 radical (unpaired) electrons. The van der Waals surface area contributed by atoms with E-state index in [9.17, 15) is 4.39 Å². The van der Waals surface area contributed by atoms with Gasteiger partial charge in [-0.1, -0.05) is 34.8 Å². The van der Waals surface area contributed by atoms with Gasteiger partial charge >= 0.3 is 0 Å².